The molecule has 0 saturated carbocycles. The molecule has 0 saturated heterocycles. The summed E-state index contributed by atoms with van der Waals surface area (Å²) in [7, 11) is 0. The van der Waals surface area contributed by atoms with Crippen LogP contribution in [-0.2, 0) is 4.74 Å². The molecule has 4 aromatic heterocycles. The van der Waals surface area contributed by atoms with E-state index in [0.29, 0.717) is 17.3 Å². The molecule has 4 heterocycles. The van der Waals surface area contributed by atoms with E-state index in [1.54, 1.807) is 24.5 Å². The number of halogens is 1. The van der Waals surface area contributed by atoms with Crippen molar-refractivity contribution in [2.24, 2.45) is 0 Å². The second-order valence-electron chi connectivity index (χ2n) is 9.19. The zero-order valence-electron chi connectivity index (χ0n) is 21.6. The number of hydrogen-bond donors (Lipinski definition) is 3. The average Bonchev–Trinajstić information content (AvgIpc) is 3.26. The first kappa shape index (κ1) is 28.3. The largest absolute Gasteiger partial charge is 0.442 e. The Morgan fingerprint density at radius 3 is 1.83 bits per heavy atom. The molecule has 0 unspecified atom stereocenters. The number of carbonyl (C=O) groups is 1. The number of aromatic nitrogens is 6. The van der Waals surface area contributed by atoms with Gasteiger partial charge in [-0.3, -0.25) is 5.10 Å². The van der Waals surface area contributed by atoms with E-state index in [1.165, 1.54) is 4.68 Å². The van der Waals surface area contributed by atoms with Crippen LogP contribution in [0.1, 0.15) is 43.5 Å². The Kier molecular flexibility index (Phi) is 8.82. The summed E-state index contributed by atoms with van der Waals surface area (Å²) in [5, 5.41) is 11.3. The quantitative estimate of drug-likeness (QED) is 0.338. The summed E-state index contributed by atoms with van der Waals surface area (Å²) in [6, 6.07) is 7.33. The molecule has 0 spiro atoms. The van der Waals surface area contributed by atoms with E-state index in [9.17, 15) is 4.79 Å². The number of ether oxygens (including phenoxy) is 1. The molecule has 0 radical (unpaired) electrons. The number of rotatable bonds is 2. The monoisotopic (exact) mass is 512 g/mol. The number of pyridine rings is 2. The van der Waals surface area contributed by atoms with E-state index in [4.69, 9.17) is 16.2 Å². The van der Waals surface area contributed by atoms with Gasteiger partial charge in [0.15, 0.2) is 0 Å². The van der Waals surface area contributed by atoms with Crippen molar-refractivity contribution in [1.29, 1.82) is 0 Å². The zero-order chi connectivity index (χ0) is 25.9. The Morgan fingerprint density at radius 2 is 1.42 bits per heavy atom. The molecule has 192 valence electrons. The first-order valence-corrected chi connectivity index (χ1v) is 11.1. The molecule has 10 nitrogen and oxygen atoms in total. The third-order valence-electron chi connectivity index (χ3n) is 5.14. The Bertz CT molecular complexity index is 1300. The van der Waals surface area contributed by atoms with Gasteiger partial charge in [-0.15, -0.1) is 12.4 Å². The molecule has 0 fully saturated rings. The van der Waals surface area contributed by atoms with Crippen LogP contribution in [0.15, 0.2) is 36.7 Å². The topological polar surface area (TPSA) is 151 Å². The summed E-state index contributed by atoms with van der Waals surface area (Å²) in [4.78, 5) is 20.3. The average molecular weight is 513 g/mol. The number of carbonyl (C=O) groups excluding carboxylic acids is 1. The Labute approximate surface area is 216 Å². The molecule has 0 bridgehead atoms. The van der Waals surface area contributed by atoms with Crippen LogP contribution in [0, 0.1) is 27.7 Å². The van der Waals surface area contributed by atoms with Gasteiger partial charge in [0.25, 0.3) is 0 Å². The van der Waals surface area contributed by atoms with Crippen molar-refractivity contribution < 1.29 is 9.53 Å². The molecule has 0 aliphatic heterocycles. The van der Waals surface area contributed by atoms with E-state index >= 15 is 0 Å². The number of nitrogens with zero attached hydrogens (tertiary/aromatic N) is 5. The summed E-state index contributed by atoms with van der Waals surface area (Å²) in [6.45, 7) is 13.1. The molecule has 4 rings (SSSR count). The Morgan fingerprint density at radius 1 is 0.889 bits per heavy atom. The SMILES string of the molecule is Cc1n[nH]c(C)c1-c1ccc(N)nc1.Cc1nn(C(=O)OC(C)(C)C)c(C)c1-c1ccc(N)nc1.Cl. The van der Waals surface area contributed by atoms with Crippen molar-refractivity contribution in [2.45, 2.75) is 54.1 Å². The fourth-order valence-electron chi connectivity index (χ4n) is 3.63. The van der Waals surface area contributed by atoms with Gasteiger partial charge in [0, 0.05) is 40.3 Å². The highest BCUT2D eigenvalue weighted by atomic mass is 35.5. The molecule has 0 aliphatic rings. The van der Waals surface area contributed by atoms with E-state index in [-0.39, 0.29) is 12.4 Å². The Balaban J connectivity index is 0.000000265. The maximum absolute atomic E-state index is 12.2. The normalized spacial score (nSPS) is 10.8. The van der Waals surface area contributed by atoms with E-state index in [0.717, 1.165) is 39.3 Å². The molecule has 0 amide bonds. The van der Waals surface area contributed by atoms with Gasteiger partial charge in [0.2, 0.25) is 0 Å². The van der Waals surface area contributed by atoms with Gasteiger partial charge >= 0.3 is 6.09 Å². The predicted octanol–water partition coefficient (Wildman–Crippen LogP) is 5.02. The molecule has 0 aromatic carbocycles. The number of hydrogen-bond acceptors (Lipinski definition) is 8. The molecule has 36 heavy (non-hydrogen) atoms. The van der Waals surface area contributed by atoms with E-state index in [2.05, 4.69) is 25.3 Å². The van der Waals surface area contributed by atoms with Gasteiger partial charge in [-0.2, -0.15) is 14.9 Å². The number of H-pyrrole nitrogens is 1. The molecule has 5 N–H and O–H groups in total. The third-order valence-corrected chi connectivity index (χ3v) is 5.14. The highest BCUT2D eigenvalue weighted by Crippen LogP contribution is 2.27. The number of nitrogen functional groups attached to an aromatic ring is 2. The fourth-order valence-corrected chi connectivity index (χ4v) is 3.63. The summed E-state index contributed by atoms with van der Waals surface area (Å²) in [6.07, 6.45) is 2.95. The summed E-state index contributed by atoms with van der Waals surface area (Å²) in [5.74, 6) is 0.987. The lowest BCUT2D eigenvalue weighted by atomic mass is 10.1. The lowest BCUT2D eigenvalue weighted by molar-refractivity contribution is 0.0510. The molecular formula is C25H33ClN8O2. The van der Waals surface area contributed by atoms with E-state index in [1.807, 2.05) is 60.6 Å². The summed E-state index contributed by atoms with van der Waals surface area (Å²) < 4.78 is 6.64. The molecule has 0 atom stereocenters. The van der Waals surface area contributed by atoms with Gasteiger partial charge in [0.05, 0.1) is 17.1 Å². The van der Waals surface area contributed by atoms with Crippen molar-refractivity contribution in [3.8, 4) is 22.3 Å². The van der Waals surface area contributed by atoms with Crippen molar-refractivity contribution in [2.75, 3.05) is 11.5 Å². The summed E-state index contributed by atoms with van der Waals surface area (Å²) >= 11 is 0. The first-order chi connectivity index (χ1) is 16.4. The maximum Gasteiger partial charge on any atom is 0.435 e. The Hall–Kier alpha value is -3.92. The lowest BCUT2D eigenvalue weighted by Crippen LogP contribution is -2.28. The standard InChI is InChI=1S/C15H20N4O2.C10H12N4.ClH/c1-9-13(11-6-7-12(16)17-8-11)10(2)19(18-9)14(20)21-15(3,4)5;1-6-10(7(2)14-13-6)8-3-4-9(11)12-5-8;/h6-8H,1-5H3,(H2,16,17);3-5H,1-2H3,(H2,11,12)(H,13,14);1H. The van der Waals surface area contributed by atoms with Crippen molar-refractivity contribution in [3.63, 3.8) is 0 Å². The number of aromatic amines is 1. The molecule has 4 aromatic rings. The van der Waals surface area contributed by atoms with Gasteiger partial charge in [-0.05, 0) is 72.7 Å². The second kappa shape index (κ2) is 11.2. The van der Waals surface area contributed by atoms with Gasteiger partial charge in [0.1, 0.15) is 17.2 Å². The van der Waals surface area contributed by atoms with Crippen LogP contribution in [-0.4, -0.2) is 41.6 Å². The number of nitrogens with one attached hydrogen (secondary N) is 1. The van der Waals surface area contributed by atoms with Crippen LogP contribution in [0.5, 0.6) is 0 Å². The van der Waals surface area contributed by atoms with Crippen LogP contribution in [0.2, 0.25) is 0 Å². The van der Waals surface area contributed by atoms with Crippen molar-refractivity contribution >= 4 is 30.1 Å². The van der Waals surface area contributed by atoms with Gasteiger partial charge in [-0.25, -0.2) is 14.8 Å². The predicted molar refractivity (Wildman–Crippen MR) is 144 cm³/mol. The van der Waals surface area contributed by atoms with E-state index < -0.39 is 11.7 Å². The minimum atomic E-state index is -0.563. The maximum atomic E-state index is 12.2. The number of aryl methyl sites for hydroxylation is 3. The fraction of sp³-hybridized carbons (Fsp3) is 0.320. The minimum absolute atomic E-state index is 0. The molecular weight excluding hydrogens is 480 g/mol. The smallest absolute Gasteiger partial charge is 0.435 e. The zero-order valence-corrected chi connectivity index (χ0v) is 22.4. The van der Waals surface area contributed by atoms with Crippen LogP contribution in [0.4, 0.5) is 16.4 Å². The molecule has 11 heteroatoms. The van der Waals surface area contributed by atoms with Crippen LogP contribution in [0.25, 0.3) is 22.3 Å². The number of anilines is 2. The van der Waals surface area contributed by atoms with Crippen LogP contribution < -0.4 is 11.5 Å². The van der Waals surface area contributed by atoms with Crippen LogP contribution in [0.3, 0.4) is 0 Å². The van der Waals surface area contributed by atoms with Gasteiger partial charge in [-0.1, -0.05) is 0 Å². The highest BCUT2D eigenvalue weighted by molar-refractivity contribution is 5.85. The lowest BCUT2D eigenvalue weighted by Gasteiger charge is -2.19. The molecule has 0 aliphatic carbocycles. The van der Waals surface area contributed by atoms with Crippen molar-refractivity contribution in [1.82, 2.24) is 29.9 Å². The second-order valence-corrected chi connectivity index (χ2v) is 9.19. The highest BCUT2D eigenvalue weighted by Gasteiger charge is 2.23. The third kappa shape index (κ3) is 6.60. The number of nitrogens with two attached hydrogens (primary N) is 2. The van der Waals surface area contributed by atoms with Crippen LogP contribution >= 0.6 is 12.4 Å². The van der Waals surface area contributed by atoms with Crippen molar-refractivity contribution in [3.05, 3.63) is 59.4 Å². The summed E-state index contributed by atoms with van der Waals surface area (Å²) in [5.41, 5.74) is 17.9. The first-order valence-electron chi connectivity index (χ1n) is 11.1. The van der Waals surface area contributed by atoms with Gasteiger partial charge < -0.3 is 16.2 Å². The minimum Gasteiger partial charge on any atom is -0.442 e.